The first-order valence-electron chi connectivity index (χ1n) is 8.72. The molecular weight excluding hydrogens is 374 g/mol. The zero-order chi connectivity index (χ0) is 20.8. The Morgan fingerprint density at radius 2 is 1.97 bits per heavy atom. The first kappa shape index (κ1) is 19.7. The first-order chi connectivity index (χ1) is 14.0. The monoisotopic (exact) mass is 391 g/mol. The van der Waals surface area contributed by atoms with Gasteiger partial charge < -0.3 is 25.4 Å². The number of nitrogens with one attached hydrogen (secondary N) is 2. The molecule has 0 aliphatic carbocycles. The van der Waals surface area contributed by atoms with E-state index >= 15 is 0 Å². The summed E-state index contributed by atoms with van der Waals surface area (Å²) >= 11 is 0. The quantitative estimate of drug-likeness (QED) is 0.735. The predicted molar refractivity (Wildman–Crippen MR) is 103 cm³/mol. The highest BCUT2D eigenvalue weighted by atomic mass is 16.5. The van der Waals surface area contributed by atoms with Crippen molar-refractivity contribution in [2.45, 2.75) is 6.10 Å². The number of rotatable bonds is 3. The highest BCUT2D eigenvalue weighted by Crippen LogP contribution is 2.26. The summed E-state index contributed by atoms with van der Waals surface area (Å²) in [7, 11) is 0. The Hall–Kier alpha value is -4.08. The summed E-state index contributed by atoms with van der Waals surface area (Å²) in [6.07, 6.45) is -1.50. The van der Waals surface area contributed by atoms with Gasteiger partial charge in [0.2, 0.25) is 0 Å². The lowest BCUT2D eigenvalue weighted by molar-refractivity contribution is -0.0232. The summed E-state index contributed by atoms with van der Waals surface area (Å²) in [4.78, 5) is 24.7. The van der Waals surface area contributed by atoms with Gasteiger partial charge in [-0.1, -0.05) is 12.1 Å². The lowest BCUT2D eigenvalue weighted by atomic mass is 10.0. The third-order valence-corrected chi connectivity index (χ3v) is 4.37. The average molecular weight is 391 g/mol. The van der Waals surface area contributed by atoms with Crippen LogP contribution in [-0.2, 0) is 4.74 Å². The highest BCUT2D eigenvalue weighted by Gasteiger charge is 2.25. The number of carbonyl (C=O) groups is 2. The predicted octanol–water partition coefficient (Wildman–Crippen LogP) is 3.13. The van der Waals surface area contributed by atoms with Crippen LogP contribution in [-0.4, -0.2) is 41.8 Å². The van der Waals surface area contributed by atoms with Gasteiger partial charge in [0.25, 0.3) is 0 Å². The smallest absolute Gasteiger partial charge is 0.407 e. The molecule has 9 nitrogen and oxygen atoms in total. The SMILES string of the molecule is N#Cc1cccc(NC(=O)Nc2ccc(C3CN(C(=O)O)CCO3)cc2C#N)c1. The maximum atomic E-state index is 12.2. The molecule has 0 radical (unpaired) electrons. The van der Waals surface area contributed by atoms with Gasteiger partial charge in [0.1, 0.15) is 12.2 Å². The van der Waals surface area contributed by atoms with Crippen LogP contribution in [0.5, 0.6) is 0 Å². The number of urea groups is 1. The van der Waals surface area contributed by atoms with E-state index in [4.69, 9.17) is 15.1 Å². The van der Waals surface area contributed by atoms with Crippen molar-refractivity contribution in [1.29, 1.82) is 10.5 Å². The zero-order valence-corrected chi connectivity index (χ0v) is 15.3. The largest absolute Gasteiger partial charge is 0.465 e. The molecular formula is C20H17N5O4. The highest BCUT2D eigenvalue weighted by molar-refractivity contribution is 6.00. The van der Waals surface area contributed by atoms with E-state index in [0.717, 1.165) is 0 Å². The summed E-state index contributed by atoms with van der Waals surface area (Å²) in [5.74, 6) is 0. The van der Waals surface area contributed by atoms with Crippen molar-refractivity contribution < 1.29 is 19.4 Å². The van der Waals surface area contributed by atoms with Gasteiger partial charge in [-0.25, -0.2) is 9.59 Å². The molecule has 1 aliphatic heterocycles. The van der Waals surface area contributed by atoms with E-state index < -0.39 is 18.2 Å². The minimum Gasteiger partial charge on any atom is -0.465 e. The van der Waals surface area contributed by atoms with E-state index in [0.29, 0.717) is 29.0 Å². The Bertz CT molecular complexity index is 1020. The zero-order valence-electron chi connectivity index (χ0n) is 15.3. The van der Waals surface area contributed by atoms with Crippen LogP contribution in [0.4, 0.5) is 21.0 Å². The Kier molecular flexibility index (Phi) is 5.93. The Morgan fingerprint density at radius 3 is 2.69 bits per heavy atom. The number of carboxylic acid groups (broad SMARTS) is 1. The van der Waals surface area contributed by atoms with Gasteiger partial charge in [0.05, 0.1) is 36.0 Å². The van der Waals surface area contributed by atoms with Crippen molar-refractivity contribution >= 4 is 23.5 Å². The number of amides is 3. The molecule has 1 aliphatic rings. The molecule has 1 heterocycles. The van der Waals surface area contributed by atoms with Crippen LogP contribution < -0.4 is 10.6 Å². The maximum absolute atomic E-state index is 12.2. The van der Waals surface area contributed by atoms with Crippen LogP contribution in [0, 0.1) is 22.7 Å². The summed E-state index contributed by atoms with van der Waals surface area (Å²) in [5, 5.41) is 32.7. The molecule has 29 heavy (non-hydrogen) atoms. The molecule has 2 aromatic carbocycles. The number of hydrogen-bond acceptors (Lipinski definition) is 5. The number of hydrogen-bond donors (Lipinski definition) is 3. The Labute approximate surface area is 166 Å². The van der Waals surface area contributed by atoms with Crippen molar-refractivity contribution in [3.8, 4) is 12.1 Å². The van der Waals surface area contributed by atoms with Crippen molar-refractivity contribution in [3.05, 3.63) is 59.2 Å². The van der Waals surface area contributed by atoms with E-state index in [9.17, 15) is 14.9 Å². The van der Waals surface area contributed by atoms with Crippen molar-refractivity contribution in [2.24, 2.45) is 0 Å². The molecule has 146 valence electrons. The van der Waals surface area contributed by atoms with Crippen LogP contribution in [0.3, 0.4) is 0 Å². The second kappa shape index (κ2) is 8.74. The molecule has 3 amide bonds. The number of nitriles is 2. The van der Waals surface area contributed by atoms with Crippen LogP contribution in [0.25, 0.3) is 0 Å². The number of morpholine rings is 1. The summed E-state index contributed by atoms with van der Waals surface area (Å²) in [6, 6.07) is 14.7. The van der Waals surface area contributed by atoms with E-state index in [1.165, 1.54) is 11.0 Å². The molecule has 1 unspecified atom stereocenters. The number of benzene rings is 2. The van der Waals surface area contributed by atoms with Crippen molar-refractivity contribution in [3.63, 3.8) is 0 Å². The lowest BCUT2D eigenvalue weighted by Gasteiger charge is -2.31. The van der Waals surface area contributed by atoms with Crippen LogP contribution in [0.15, 0.2) is 42.5 Å². The molecule has 9 heteroatoms. The fourth-order valence-electron chi connectivity index (χ4n) is 2.94. The fraction of sp³-hybridized carbons (Fsp3) is 0.200. The second-order valence-corrected chi connectivity index (χ2v) is 6.28. The van der Waals surface area contributed by atoms with E-state index in [-0.39, 0.29) is 18.7 Å². The molecule has 1 atom stereocenters. The second-order valence-electron chi connectivity index (χ2n) is 6.28. The fourth-order valence-corrected chi connectivity index (χ4v) is 2.94. The maximum Gasteiger partial charge on any atom is 0.407 e. The number of ether oxygens (including phenoxy) is 1. The average Bonchev–Trinajstić information content (AvgIpc) is 2.74. The minimum absolute atomic E-state index is 0.169. The molecule has 1 fully saturated rings. The molecule has 0 saturated carbocycles. The van der Waals surface area contributed by atoms with E-state index in [1.54, 1.807) is 36.4 Å². The molecule has 1 saturated heterocycles. The van der Waals surface area contributed by atoms with Gasteiger partial charge >= 0.3 is 12.1 Å². The molecule has 0 aromatic heterocycles. The van der Waals surface area contributed by atoms with Gasteiger partial charge in [-0.2, -0.15) is 10.5 Å². The normalized spacial score (nSPS) is 15.7. The Balaban J connectivity index is 1.72. The molecule has 2 aromatic rings. The van der Waals surface area contributed by atoms with Gasteiger partial charge in [-0.05, 0) is 35.9 Å². The standard InChI is InChI=1S/C20H17N5O4/c21-10-13-2-1-3-16(8-13)23-19(26)24-17-5-4-14(9-15(17)11-22)18-12-25(20(27)28)6-7-29-18/h1-5,8-9,18H,6-7,12H2,(H,27,28)(H2,23,24,26). The van der Waals surface area contributed by atoms with Crippen molar-refractivity contribution in [2.75, 3.05) is 30.3 Å². The third-order valence-electron chi connectivity index (χ3n) is 4.37. The van der Waals surface area contributed by atoms with Crippen LogP contribution in [0.1, 0.15) is 22.8 Å². The Morgan fingerprint density at radius 1 is 1.14 bits per heavy atom. The lowest BCUT2D eigenvalue weighted by Crippen LogP contribution is -2.41. The summed E-state index contributed by atoms with van der Waals surface area (Å²) < 4.78 is 5.63. The van der Waals surface area contributed by atoms with E-state index in [1.807, 2.05) is 12.1 Å². The van der Waals surface area contributed by atoms with Gasteiger partial charge in [-0.15, -0.1) is 0 Å². The van der Waals surface area contributed by atoms with E-state index in [2.05, 4.69) is 10.6 Å². The minimum atomic E-state index is -1.02. The number of nitrogens with zero attached hydrogens (tertiary/aromatic N) is 3. The summed E-state index contributed by atoms with van der Waals surface area (Å²) in [6.45, 7) is 0.732. The van der Waals surface area contributed by atoms with Gasteiger partial charge in [-0.3, -0.25) is 0 Å². The molecule has 0 bridgehead atoms. The molecule has 3 N–H and O–H groups in total. The number of carbonyl (C=O) groups excluding carboxylic acids is 1. The van der Waals surface area contributed by atoms with Gasteiger partial charge in [0.15, 0.2) is 0 Å². The number of anilines is 2. The molecule has 0 spiro atoms. The molecule has 3 rings (SSSR count). The third kappa shape index (κ3) is 4.80. The first-order valence-corrected chi connectivity index (χ1v) is 8.72. The van der Waals surface area contributed by atoms with Gasteiger partial charge in [0, 0.05) is 12.2 Å². The topological polar surface area (TPSA) is 138 Å². The van der Waals surface area contributed by atoms with Crippen LogP contribution >= 0.6 is 0 Å². The van der Waals surface area contributed by atoms with Crippen molar-refractivity contribution in [1.82, 2.24) is 4.90 Å². The van der Waals surface area contributed by atoms with Crippen LogP contribution in [0.2, 0.25) is 0 Å². The summed E-state index contributed by atoms with van der Waals surface area (Å²) in [5.41, 5.74) is 2.03.